The van der Waals surface area contributed by atoms with Crippen LogP contribution in [0.25, 0.3) is 0 Å². The van der Waals surface area contributed by atoms with E-state index in [1.807, 2.05) is 12.3 Å². The second-order valence-electron chi connectivity index (χ2n) is 5.02. The zero-order chi connectivity index (χ0) is 13.2. The number of allylic oxidation sites excluding steroid dienone is 6. The first-order valence-corrected chi connectivity index (χ1v) is 6.63. The van der Waals surface area contributed by atoms with Crippen LogP contribution in [0.4, 0.5) is 0 Å². The van der Waals surface area contributed by atoms with E-state index in [2.05, 4.69) is 29.6 Å². The predicted octanol–water partition coefficient (Wildman–Crippen LogP) is 2.81. The minimum absolute atomic E-state index is 0.0357. The molecule has 3 aliphatic rings. The van der Waals surface area contributed by atoms with Crippen LogP contribution in [0.5, 0.6) is 0 Å². The standard InChI is InChI=1S/C16H19NO2/c1-18-15-6-4-12(10-16(15)19-2)11-3-5-14-13(9-11)7-8-17-14/h3-8,13,16-17H,9-10H2,1-2H3. The Morgan fingerprint density at radius 1 is 1.05 bits per heavy atom. The quantitative estimate of drug-likeness (QED) is 0.843. The van der Waals surface area contributed by atoms with Crippen LogP contribution in [0.2, 0.25) is 0 Å². The van der Waals surface area contributed by atoms with Crippen LogP contribution in [0.15, 0.2) is 59.2 Å². The Kier molecular flexibility index (Phi) is 3.30. The summed E-state index contributed by atoms with van der Waals surface area (Å²) >= 11 is 0. The third-order valence-corrected chi connectivity index (χ3v) is 3.99. The zero-order valence-electron chi connectivity index (χ0n) is 11.3. The SMILES string of the molecule is COC1=CC=C(C2=CC=C3NC=CC3C2)CC1OC. The van der Waals surface area contributed by atoms with Crippen LogP contribution in [0.3, 0.4) is 0 Å². The second-order valence-corrected chi connectivity index (χ2v) is 5.02. The van der Waals surface area contributed by atoms with Crippen molar-refractivity contribution in [1.29, 1.82) is 0 Å². The van der Waals surface area contributed by atoms with Crippen molar-refractivity contribution in [2.75, 3.05) is 14.2 Å². The molecule has 0 aromatic heterocycles. The summed E-state index contributed by atoms with van der Waals surface area (Å²) in [4.78, 5) is 0. The van der Waals surface area contributed by atoms with Gasteiger partial charge in [-0.3, -0.25) is 0 Å². The molecule has 3 rings (SSSR count). The van der Waals surface area contributed by atoms with E-state index in [0.29, 0.717) is 5.92 Å². The average Bonchev–Trinajstić information content (AvgIpc) is 2.93. The lowest BCUT2D eigenvalue weighted by Crippen LogP contribution is -2.20. The van der Waals surface area contributed by atoms with E-state index in [4.69, 9.17) is 9.47 Å². The largest absolute Gasteiger partial charge is 0.498 e. The Morgan fingerprint density at radius 3 is 2.63 bits per heavy atom. The van der Waals surface area contributed by atoms with Crippen molar-refractivity contribution >= 4 is 0 Å². The Balaban J connectivity index is 1.82. The summed E-state index contributed by atoms with van der Waals surface area (Å²) in [6, 6.07) is 0. The first kappa shape index (κ1) is 12.3. The van der Waals surface area contributed by atoms with Crippen LogP contribution in [0.1, 0.15) is 12.8 Å². The van der Waals surface area contributed by atoms with Crippen LogP contribution in [-0.2, 0) is 9.47 Å². The highest BCUT2D eigenvalue weighted by Gasteiger charge is 2.25. The van der Waals surface area contributed by atoms with Gasteiger partial charge in [0.05, 0.1) is 7.11 Å². The molecule has 3 nitrogen and oxygen atoms in total. The topological polar surface area (TPSA) is 30.5 Å². The summed E-state index contributed by atoms with van der Waals surface area (Å²) in [5.41, 5.74) is 4.05. The fourth-order valence-electron chi connectivity index (χ4n) is 2.85. The maximum atomic E-state index is 5.50. The van der Waals surface area contributed by atoms with Gasteiger partial charge in [0.2, 0.25) is 0 Å². The Labute approximate surface area is 114 Å². The van der Waals surface area contributed by atoms with Gasteiger partial charge in [-0.05, 0) is 35.9 Å². The van der Waals surface area contributed by atoms with Gasteiger partial charge < -0.3 is 14.8 Å². The number of rotatable bonds is 3. The van der Waals surface area contributed by atoms with Gasteiger partial charge in [-0.25, -0.2) is 0 Å². The molecule has 0 spiro atoms. The molecule has 0 saturated carbocycles. The molecule has 2 unspecified atom stereocenters. The van der Waals surface area contributed by atoms with E-state index >= 15 is 0 Å². The molecule has 1 heterocycles. The highest BCUT2D eigenvalue weighted by molar-refractivity contribution is 5.45. The third kappa shape index (κ3) is 2.26. The summed E-state index contributed by atoms with van der Waals surface area (Å²) in [6.45, 7) is 0. The molecule has 0 saturated heterocycles. The van der Waals surface area contributed by atoms with E-state index < -0.39 is 0 Å². The molecule has 2 aliphatic carbocycles. The van der Waals surface area contributed by atoms with Crippen LogP contribution in [0, 0.1) is 5.92 Å². The minimum atomic E-state index is 0.0357. The molecular formula is C16H19NO2. The molecule has 0 bridgehead atoms. The number of methoxy groups -OCH3 is 2. The van der Waals surface area contributed by atoms with E-state index in [1.54, 1.807) is 14.2 Å². The smallest absolute Gasteiger partial charge is 0.125 e. The highest BCUT2D eigenvalue weighted by atomic mass is 16.5. The predicted molar refractivity (Wildman–Crippen MR) is 75.1 cm³/mol. The fourth-order valence-corrected chi connectivity index (χ4v) is 2.85. The lowest BCUT2D eigenvalue weighted by atomic mass is 9.85. The van der Waals surface area contributed by atoms with Crippen LogP contribution < -0.4 is 5.32 Å². The molecule has 0 aromatic rings. The van der Waals surface area contributed by atoms with Crippen molar-refractivity contribution in [2.24, 2.45) is 5.92 Å². The van der Waals surface area contributed by atoms with Crippen molar-refractivity contribution in [3.63, 3.8) is 0 Å². The molecule has 3 heteroatoms. The van der Waals surface area contributed by atoms with Crippen molar-refractivity contribution in [3.8, 4) is 0 Å². The normalized spacial score (nSPS) is 28.7. The molecule has 0 fully saturated rings. The number of hydrogen-bond acceptors (Lipinski definition) is 3. The first-order chi connectivity index (χ1) is 9.31. The number of ether oxygens (including phenoxy) is 2. The first-order valence-electron chi connectivity index (χ1n) is 6.63. The molecule has 1 N–H and O–H groups in total. The molecule has 19 heavy (non-hydrogen) atoms. The summed E-state index contributed by atoms with van der Waals surface area (Å²) in [5.74, 6) is 1.41. The van der Waals surface area contributed by atoms with Gasteiger partial charge in [-0.15, -0.1) is 0 Å². The second kappa shape index (κ2) is 5.10. The number of hydrogen-bond donors (Lipinski definition) is 1. The molecule has 100 valence electrons. The lowest BCUT2D eigenvalue weighted by molar-refractivity contribution is 0.0777. The number of nitrogens with one attached hydrogen (secondary N) is 1. The fraction of sp³-hybridized carbons (Fsp3) is 0.375. The van der Waals surface area contributed by atoms with Gasteiger partial charge >= 0.3 is 0 Å². The van der Waals surface area contributed by atoms with E-state index in [9.17, 15) is 0 Å². The van der Waals surface area contributed by atoms with Gasteiger partial charge in [0.15, 0.2) is 0 Å². The van der Waals surface area contributed by atoms with Crippen molar-refractivity contribution in [1.82, 2.24) is 5.32 Å². The zero-order valence-corrected chi connectivity index (χ0v) is 11.3. The van der Waals surface area contributed by atoms with E-state index in [0.717, 1.165) is 18.6 Å². The van der Waals surface area contributed by atoms with Crippen molar-refractivity contribution < 1.29 is 9.47 Å². The van der Waals surface area contributed by atoms with Crippen LogP contribution >= 0.6 is 0 Å². The van der Waals surface area contributed by atoms with Gasteiger partial charge in [-0.1, -0.05) is 18.2 Å². The average molecular weight is 257 g/mol. The summed E-state index contributed by atoms with van der Waals surface area (Å²) in [5, 5.41) is 3.28. The molecule has 2 atom stereocenters. The maximum absolute atomic E-state index is 5.50. The summed E-state index contributed by atoms with van der Waals surface area (Å²) in [7, 11) is 3.43. The van der Waals surface area contributed by atoms with Gasteiger partial charge in [-0.2, -0.15) is 0 Å². The van der Waals surface area contributed by atoms with Crippen molar-refractivity contribution in [2.45, 2.75) is 18.9 Å². The molecule has 0 aromatic carbocycles. The van der Waals surface area contributed by atoms with Gasteiger partial charge in [0, 0.05) is 25.1 Å². The maximum Gasteiger partial charge on any atom is 0.125 e. The van der Waals surface area contributed by atoms with Crippen molar-refractivity contribution in [3.05, 3.63) is 59.2 Å². The Hall–Kier alpha value is -1.74. The van der Waals surface area contributed by atoms with E-state index in [-0.39, 0.29) is 6.10 Å². The molecule has 0 radical (unpaired) electrons. The highest BCUT2D eigenvalue weighted by Crippen LogP contribution is 2.35. The Bertz CT molecular complexity index is 523. The third-order valence-electron chi connectivity index (χ3n) is 3.99. The van der Waals surface area contributed by atoms with Crippen LogP contribution in [-0.4, -0.2) is 20.3 Å². The van der Waals surface area contributed by atoms with Gasteiger partial charge in [0.25, 0.3) is 0 Å². The molecule has 0 amide bonds. The van der Waals surface area contributed by atoms with E-state index in [1.165, 1.54) is 16.8 Å². The summed E-state index contributed by atoms with van der Waals surface area (Å²) in [6.07, 6.45) is 14.8. The lowest BCUT2D eigenvalue weighted by Gasteiger charge is -2.26. The Morgan fingerprint density at radius 2 is 1.84 bits per heavy atom. The summed E-state index contributed by atoms with van der Waals surface area (Å²) < 4.78 is 10.8. The molecule has 1 aliphatic heterocycles. The number of fused-ring (bicyclic) bond motifs is 1. The van der Waals surface area contributed by atoms with Gasteiger partial charge in [0.1, 0.15) is 11.9 Å². The minimum Gasteiger partial charge on any atom is -0.498 e. The molecular weight excluding hydrogens is 238 g/mol. The monoisotopic (exact) mass is 257 g/mol.